The van der Waals surface area contributed by atoms with Gasteiger partial charge in [-0.05, 0) is 30.7 Å². The summed E-state index contributed by atoms with van der Waals surface area (Å²) in [5.41, 5.74) is 2.72. The molecular formula is C15H15NO3. The van der Waals surface area contributed by atoms with Crippen molar-refractivity contribution < 1.29 is 14.6 Å². The molecular weight excluding hydrogens is 242 g/mol. The summed E-state index contributed by atoms with van der Waals surface area (Å²) in [6.07, 6.45) is 2.61. The highest BCUT2D eigenvalue weighted by molar-refractivity contribution is 5.85. The molecule has 1 aliphatic heterocycles. The molecule has 1 N–H and O–H groups in total. The number of hydrogen-bond acceptors (Lipinski definition) is 2. The molecule has 4 nitrogen and oxygen atoms in total. The molecule has 0 saturated carbocycles. The molecule has 2 heterocycles. The molecule has 19 heavy (non-hydrogen) atoms. The Morgan fingerprint density at radius 1 is 1.47 bits per heavy atom. The van der Waals surface area contributed by atoms with E-state index in [-0.39, 0.29) is 6.10 Å². The van der Waals surface area contributed by atoms with Crippen LogP contribution in [0.1, 0.15) is 21.6 Å². The van der Waals surface area contributed by atoms with Crippen LogP contribution in [0.3, 0.4) is 0 Å². The maximum Gasteiger partial charge on any atom is 0.352 e. The molecule has 1 aromatic carbocycles. The van der Waals surface area contributed by atoms with Gasteiger partial charge in [0.15, 0.2) is 0 Å². The second-order valence-electron chi connectivity index (χ2n) is 4.91. The predicted molar refractivity (Wildman–Crippen MR) is 70.7 cm³/mol. The van der Waals surface area contributed by atoms with Crippen molar-refractivity contribution in [1.82, 2.24) is 4.57 Å². The number of nitrogens with zero attached hydrogens (tertiary/aromatic N) is 1. The van der Waals surface area contributed by atoms with Crippen molar-refractivity contribution in [3.8, 4) is 5.75 Å². The Balaban J connectivity index is 1.77. The van der Waals surface area contributed by atoms with Crippen LogP contribution in [0.4, 0.5) is 0 Å². The first kappa shape index (κ1) is 11.8. The Hall–Kier alpha value is -2.23. The number of aromatic carboxylic acids is 1. The number of fused-ring (bicyclic) bond motifs is 1. The van der Waals surface area contributed by atoms with Gasteiger partial charge >= 0.3 is 5.97 Å². The number of ether oxygens (including phenoxy) is 1. The van der Waals surface area contributed by atoms with Gasteiger partial charge in [-0.3, -0.25) is 0 Å². The number of hydrogen-bond donors (Lipinski definition) is 1. The Kier molecular flexibility index (Phi) is 2.78. The van der Waals surface area contributed by atoms with Crippen molar-refractivity contribution >= 4 is 5.97 Å². The summed E-state index contributed by atoms with van der Waals surface area (Å²) >= 11 is 0. The van der Waals surface area contributed by atoms with E-state index in [4.69, 9.17) is 9.84 Å². The third-order valence-corrected chi connectivity index (χ3v) is 3.41. The smallest absolute Gasteiger partial charge is 0.352 e. The van der Waals surface area contributed by atoms with Gasteiger partial charge in [-0.2, -0.15) is 0 Å². The lowest BCUT2D eigenvalue weighted by atomic mass is 10.1. The van der Waals surface area contributed by atoms with Gasteiger partial charge in [-0.25, -0.2) is 4.79 Å². The second kappa shape index (κ2) is 4.46. The lowest BCUT2D eigenvalue weighted by Gasteiger charge is -2.13. The number of benzene rings is 1. The molecule has 4 heteroatoms. The fourth-order valence-electron chi connectivity index (χ4n) is 2.54. The molecule has 1 unspecified atom stereocenters. The minimum absolute atomic E-state index is 0.00213. The van der Waals surface area contributed by atoms with Gasteiger partial charge < -0.3 is 14.4 Å². The molecule has 0 bridgehead atoms. The lowest BCUT2D eigenvalue weighted by molar-refractivity contribution is 0.0682. The first-order chi connectivity index (χ1) is 9.13. The maximum absolute atomic E-state index is 11.1. The Morgan fingerprint density at radius 2 is 2.32 bits per heavy atom. The predicted octanol–water partition coefficient (Wildman–Crippen LogP) is 2.50. The number of carboxylic acids is 1. The number of aryl methyl sites for hydroxylation is 1. The Bertz CT molecular complexity index is 630. The fourth-order valence-corrected chi connectivity index (χ4v) is 2.54. The largest absolute Gasteiger partial charge is 0.488 e. The molecule has 1 aromatic heterocycles. The highest BCUT2D eigenvalue weighted by atomic mass is 16.5. The van der Waals surface area contributed by atoms with Gasteiger partial charge in [0, 0.05) is 12.6 Å². The van der Waals surface area contributed by atoms with Crippen molar-refractivity contribution in [2.75, 3.05) is 0 Å². The third kappa shape index (κ3) is 2.21. The Morgan fingerprint density at radius 3 is 3.11 bits per heavy atom. The summed E-state index contributed by atoms with van der Waals surface area (Å²) in [5, 5.41) is 9.08. The normalized spacial score (nSPS) is 17.0. The Labute approximate surface area is 111 Å². The topological polar surface area (TPSA) is 51.5 Å². The molecule has 3 rings (SSSR count). The minimum Gasteiger partial charge on any atom is -0.488 e. The van der Waals surface area contributed by atoms with Crippen LogP contribution in [-0.4, -0.2) is 21.7 Å². The molecule has 0 radical (unpaired) electrons. The number of rotatable bonds is 3. The summed E-state index contributed by atoms with van der Waals surface area (Å²) in [5.74, 6) is 0.0102. The molecule has 1 aliphatic rings. The van der Waals surface area contributed by atoms with E-state index in [1.807, 2.05) is 12.1 Å². The molecule has 0 aliphatic carbocycles. The van der Waals surface area contributed by atoms with Crippen LogP contribution in [-0.2, 0) is 13.0 Å². The molecule has 0 spiro atoms. The maximum atomic E-state index is 11.1. The van der Waals surface area contributed by atoms with Crippen LogP contribution in [0.5, 0.6) is 5.75 Å². The standard InChI is InChI=1S/C15H15NO3/c1-10-4-5-14-11(7-10)8-12(19-14)9-16-6-2-3-13(16)15(17)18/h2-7,12H,8-9H2,1H3,(H,17,18). The van der Waals surface area contributed by atoms with Crippen LogP contribution < -0.4 is 4.74 Å². The first-order valence-corrected chi connectivity index (χ1v) is 6.28. The van der Waals surface area contributed by atoms with Crippen molar-refractivity contribution in [2.24, 2.45) is 0 Å². The number of aromatic nitrogens is 1. The lowest BCUT2D eigenvalue weighted by Crippen LogP contribution is -2.22. The van der Waals surface area contributed by atoms with E-state index in [0.717, 1.165) is 12.2 Å². The summed E-state index contributed by atoms with van der Waals surface area (Å²) < 4.78 is 7.58. The number of carboxylic acid groups (broad SMARTS) is 1. The van der Waals surface area contributed by atoms with Crippen LogP contribution in [0.25, 0.3) is 0 Å². The summed E-state index contributed by atoms with van der Waals surface area (Å²) in [7, 11) is 0. The van der Waals surface area contributed by atoms with Crippen LogP contribution >= 0.6 is 0 Å². The van der Waals surface area contributed by atoms with Crippen molar-refractivity contribution in [2.45, 2.75) is 26.0 Å². The van der Waals surface area contributed by atoms with Gasteiger partial charge in [0.25, 0.3) is 0 Å². The SMILES string of the molecule is Cc1ccc2c(c1)CC(Cn1cccc1C(=O)O)O2. The second-order valence-corrected chi connectivity index (χ2v) is 4.91. The molecule has 0 saturated heterocycles. The average molecular weight is 257 g/mol. The summed E-state index contributed by atoms with van der Waals surface area (Å²) in [4.78, 5) is 11.1. The van der Waals surface area contributed by atoms with E-state index in [1.54, 1.807) is 22.9 Å². The van der Waals surface area contributed by atoms with Gasteiger partial charge in [0.2, 0.25) is 0 Å². The first-order valence-electron chi connectivity index (χ1n) is 6.28. The molecule has 98 valence electrons. The van der Waals surface area contributed by atoms with Crippen LogP contribution in [0.2, 0.25) is 0 Å². The van der Waals surface area contributed by atoms with Gasteiger partial charge in [-0.15, -0.1) is 0 Å². The van der Waals surface area contributed by atoms with E-state index >= 15 is 0 Å². The quantitative estimate of drug-likeness (QED) is 0.919. The van der Waals surface area contributed by atoms with Crippen molar-refractivity contribution in [1.29, 1.82) is 0 Å². The number of carbonyl (C=O) groups is 1. The van der Waals surface area contributed by atoms with Crippen LogP contribution in [0.15, 0.2) is 36.5 Å². The fraction of sp³-hybridized carbons (Fsp3) is 0.267. The van der Waals surface area contributed by atoms with Gasteiger partial charge in [-0.1, -0.05) is 17.7 Å². The summed E-state index contributed by atoms with van der Waals surface area (Å²) in [6, 6.07) is 9.49. The summed E-state index contributed by atoms with van der Waals surface area (Å²) in [6.45, 7) is 2.62. The molecule has 2 aromatic rings. The third-order valence-electron chi connectivity index (χ3n) is 3.41. The van der Waals surface area contributed by atoms with E-state index in [2.05, 4.69) is 13.0 Å². The van der Waals surface area contributed by atoms with Crippen molar-refractivity contribution in [3.05, 3.63) is 53.3 Å². The van der Waals surface area contributed by atoms with E-state index in [0.29, 0.717) is 12.2 Å². The highest BCUT2D eigenvalue weighted by Gasteiger charge is 2.24. The average Bonchev–Trinajstić information content (AvgIpc) is 2.95. The zero-order valence-corrected chi connectivity index (χ0v) is 10.7. The molecule has 0 fully saturated rings. The monoisotopic (exact) mass is 257 g/mol. The zero-order chi connectivity index (χ0) is 13.4. The zero-order valence-electron chi connectivity index (χ0n) is 10.7. The van der Waals surface area contributed by atoms with Gasteiger partial charge in [0.1, 0.15) is 17.5 Å². The van der Waals surface area contributed by atoms with E-state index in [9.17, 15) is 4.79 Å². The molecule has 1 atom stereocenters. The van der Waals surface area contributed by atoms with Gasteiger partial charge in [0.05, 0.1) is 6.54 Å². The van der Waals surface area contributed by atoms with E-state index < -0.39 is 5.97 Å². The highest BCUT2D eigenvalue weighted by Crippen LogP contribution is 2.30. The minimum atomic E-state index is -0.906. The van der Waals surface area contributed by atoms with Crippen molar-refractivity contribution in [3.63, 3.8) is 0 Å². The van der Waals surface area contributed by atoms with Crippen LogP contribution in [0, 0.1) is 6.92 Å². The van der Waals surface area contributed by atoms with E-state index in [1.165, 1.54) is 11.1 Å². The molecule has 0 amide bonds.